The van der Waals surface area contributed by atoms with Crippen LogP contribution in [0.25, 0.3) is 0 Å². The number of carbonyl (C=O) groups is 1. The lowest BCUT2D eigenvalue weighted by atomic mass is 9.56. The maximum Gasteiger partial charge on any atom is 0.119 e. The van der Waals surface area contributed by atoms with Gasteiger partial charge in [0.15, 0.2) is 0 Å². The zero-order chi connectivity index (χ0) is 17.4. The molecule has 0 radical (unpaired) electrons. The Morgan fingerprint density at radius 2 is 2.20 bits per heavy atom. The van der Waals surface area contributed by atoms with Gasteiger partial charge in [0.25, 0.3) is 0 Å². The third-order valence-electron chi connectivity index (χ3n) is 7.18. The normalized spacial score (nSPS) is 31.4. The summed E-state index contributed by atoms with van der Waals surface area (Å²) in [6.45, 7) is 4.97. The predicted molar refractivity (Wildman–Crippen MR) is 100 cm³/mol. The number of ether oxygens (including phenoxy) is 1. The van der Waals surface area contributed by atoms with Gasteiger partial charge in [-0.3, -0.25) is 4.90 Å². The van der Waals surface area contributed by atoms with Gasteiger partial charge in [0.2, 0.25) is 0 Å². The molecule has 1 aromatic rings. The number of rotatable bonds is 7. The van der Waals surface area contributed by atoms with Crippen LogP contribution in [0.2, 0.25) is 0 Å². The first-order valence-electron chi connectivity index (χ1n) is 10.0. The number of piperidine rings is 1. The molecular formula is C22H31NO2. The van der Waals surface area contributed by atoms with Crippen molar-refractivity contribution in [2.75, 3.05) is 20.2 Å². The second kappa shape index (κ2) is 6.75. The molecule has 1 saturated heterocycles. The second-order valence-electron chi connectivity index (χ2n) is 8.49. The maximum absolute atomic E-state index is 10.9. The van der Waals surface area contributed by atoms with E-state index >= 15 is 0 Å². The highest BCUT2D eigenvalue weighted by molar-refractivity contribution is 5.49. The molecule has 3 nitrogen and oxygen atoms in total. The molecule has 0 aromatic heterocycles. The van der Waals surface area contributed by atoms with Gasteiger partial charge in [-0.2, -0.15) is 0 Å². The molecule has 2 bridgehead atoms. The monoisotopic (exact) mass is 341 g/mol. The highest BCUT2D eigenvalue weighted by atomic mass is 16.5. The van der Waals surface area contributed by atoms with Gasteiger partial charge in [-0.1, -0.05) is 13.0 Å². The molecule has 0 spiro atoms. The van der Waals surface area contributed by atoms with Crippen molar-refractivity contribution in [2.24, 2.45) is 11.8 Å². The molecule has 1 heterocycles. The van der Waals surface area contributed by atoms with Crippen molar-refractivity contribution in [3.63, 3.8) is 0 Å². The van der Waals surface area contributed by atoms with Crippen LogP contribution in [0.15, 0.2) is 18.2 Å². The summed E-state index contributed by atoms with van der Waals surface area (Å²) in [5, 5.41) is 0. The first-order valence-corrected chi connectivity index (χ1v) is 10.0. The highest BCUT2D eigenvalue weighted by Gasteiger charge is 2.51. The molecule has 3 heteroatoms. The Hall–Kier alpha value is -1.35. The average molecular weight is 341 g/mol. The number of hydrogen-bond donors (Lipinski definition) is 0. The topological polar surface area (TPSA) is 29.5 Å². The number of hydrogen-bond acceptors (Lipinski definition) is 3. The first-order chi connectivity index (χ1) is 12.2. The van der Waals surface area contributed by atoms with Gasteiger partial charge in [-0.25, -0.2) is 0 Å². The molecule has 2 aliphatic carbocycles. The summed E-state index contributed by atoms with van der Waals surface area (Å²) < 4.78 is 5.54. The van der Waals surface area contributed by atoms with Gasteiger partial charge in [0.05, 0.1) is 7.11 Å². The number of carbonyl (C=O) groups excluding carboxylic acids is 1. The molecule has 1 saturated carbocycles. The summed E-state index contributed by atoms with van der Waals surface area (Å²) in [6, 6.07) is 7.36. The molecule has 1 aliphatic heterocycles. The number of benzene rings is 1. The van der Waals surface area contributed by atoms with E-state index in [4.69, 9.17) is 4.74 Å². The van der Waals surface area contributed by atoms with Crippen LogP contribution in [-0.2, 0) is 16.6 Å². The fraction of sp³-hybridized carbons (Fsp3) is 0.682. The molecule has 136 valence electrons. The zero-order valence-electron chi connectivity index (χ0n) is 15.7. The summed E-state index contributed by atoms with van der Waals surface area (Å²) >= 11 is 0. The Labute approximate surface area is 151 Å². The fourth-order valence-corrected chi connectivity index (χ4v) is 5.50. The molecule has 3 atom stereocenters. The SMILES string of the molecule is COc1ccc2c(c1)[C@]1(CCCC=O)CCN(CC3CC3)[C@H](C2)[C@@H]1C. The van der Waals surface area contributed by atoms with Crippen molar-refractivity contribution in [2.45, 2.75) is 63.3 Å². The van der Waals surface area contributed by atoms with Crippen molar-refractivity contribution >= 4 is 6.29 Å². The summed E-state index contributed by atoms with van der Waals surface area (Å²) in [4.78, 5) is 13.7. The van der Waals surface area contributed by atoms with Crippen LogP contribution >= 0.6 is 0 Å². The van der Waals surface area contributed by atoms with Crippen molar-refractivity contribution in [1.82, 2.24) is 4.90 Å². The lowest BCUT2D eigenvalue weighted by Crippen LogP contribution is -2.59. The molecule has 4 rings (SSSR count). The number of fused-ring (bicyclic) bond motifs is 4. The van der Waals surface area contributed by atoms with Crippen LogP contribution in [0.1, 0.15) is 56.6 Å². The van der Waals surface area contributed by atoms with Gasteiger partial charge in [-0.05, 0) is 80.2 Å². The highest BCUT2D eigenvalue weighted by Crippen LogP contribution is 2.52. The van der Waals surface area contributed by atoms with Crippen molar-refractivity contribution in [3.05, 3.63) is 29.3 Å². The minimum atomic E-state index is 0.218. The Balaban J connectivity index is 1.69. The third-order valence-corrected chi connectivity index (χ3v) is 7.18. The number of nitrogens with zero attached hydrogens (tertiary/aromatic N) is 1. The minimum absolute atomic E-state index is 0.218. The largest absolute Gasteiger partial charge is 0.497 e. The van der Waals surface area contributed by atoms with Gasteiger partial charge in [0.1, 0.15) is 12.0 Å². The van der Waals surface area contributed by atoms with Gasteiger partial charge < -0.3 is 9.53 Å². The standard InChI is InChI=1S/C22H31NO2/c1-16-21-13-18-7-8-19(25-2)14-20(18)22(16,9-3-4-12-24)10-11-23(21)15-17-5-6-17/h7-8,12,14,16-17,21H,3-6,9-11,13,15H2,1-2H3/t16-,21+,22+/m0/s1. The lowest BCUT2D eigenvalue weighted by Gasteiger charge is -2.56. The van der Waals surface area contributed by atoms with E-state index in [1.807, 2.05) is 0 Å². The van der Waals surface area contributed by atoms with Crippen LogP contribution in [-0.4, -0.2) is 37.4 Å². The van der Waals surface area contributed by atoms with Crippen LogP contribution in [0.3, 0.4) is 0 Å². The molecule has 2 fully saturated rings. The lowest BCUT2D eigenvalue weighted by molar-refractivity contribution is -0.108. The number of methoxy groups -OCH3 is 1. The summed E-state index contributed by atoms with van der Waals surface area (Å²) in [7, 11) is 1.76. The summed E-state index contributed by atoms with van der Waals surface area (Å²) in [5.74, 6) is 2.57. The van der Waals surface area contributed by atoms with E-state index in [9.17, 15) is 4.79 Å². The Kier molecular flexibility index (Phi) is 4.61. The fourth-order valence-electron chi connectivity index (χ4n) is 5.50. The number of likely N-dealkylation sites (tertiary alicyclic amines) is 1. The molecule has 0 amide bonds. The van der Waals surface area contributed by atoms with E-state index in [0.29, 0.717) is 18.4 Å². The van der Waals surface area contributed by atoms with Crippen LogP contribution in [0.4, 0.5) is 0 Å². The third kappa shape index (κ3) is 3.01. The van der Waals surface area contributed by atoms with Crippen LogP contribution in [0.5, 0.6) is 5.75 Å². The first kappa shape index (κ1) is 17.1. The van der Waals surface area contributed by atoms with E-state index in [2.05, 4.69) is 30.0 Å². The number of unbranched alkanes of at least 4 members (excludes halogenated alkanes) is 1. The van der Waals surface area contributed by atoms with Crippen molar-refractivity contribution in [1.29, 1.82) is 0 Å². The summed E-state index contributed by atoms with van der Waals surface area (Å²) in [5.41, 5.74) is 3.23. The molecule has 3 aliphatic rings. The van der Waals surface area contributed by atoms with E-state index in [-0.39, 0.29) is 5.41 Å². The Morgan fingerprint density at radius 1 is 1.36 bits per heavy atom. The van der Waals surface area contributed by atoms with Gasteiger partial charge in [0, 0.05) is 24.4 Å². The molecule has 0 unspecified atom stereocenters. The molecule has 1 aromatic carbocycles. The second-order valence-corrected chi connectivity index (χ2v) is 8.49. The smallest absolute Gasteiger partial charge is 0.119 e. The minimum Gasteiger partial charge on any atom is -0.497 e. The van der Waals surface area contributed by atoms with Crippen LogP contribution < -0.4 is 4.74 Å². The predicted octanol–water partition coefficient (Wildman–Crippen LogP) is 3.98. The van der Waals surface area contributed by atoms with E-state index < -0.39 is 0 Å². The number of aldehydes is 1. The Bertz CT molecular complexity index is 639. The van der Waals surface area contributed by atoms with E-state index in [1.54, 1.807) is 7.11 Å². The Morgan fingerprint density at radius 3 is 2.92 bits per heavy atom. The van der Waals surface area contributed by atoms with E-state index in [0.717, 1.165) is 30.8 Å². The molecule has 25 heavy (non-hydrogen) atoms. The molecule has 0 N–H and O–H groups in total. The average Bonchev–Trinajstić information content (AvgIpc) is 3.43. The van der Waals surface area contributed by atoms with Gasteiger partial charge >= 0.3 is 0 Å². The van der Waals surface area contributed by atoms with Crippen LogP contribution in [0, 0.1) is 11.8 Å². The molecular weight excluding hydrogens is 310 g/mol. The van der Waals surface area contributed by atoms with Crippen molar-refractivity contribution in [3.8, 4) is 5.75 Å². The van der Waals surface area contributed by atoms with Crippen molar-refractivity contribution < 1.29 is 9.53 Å². The maximum atomic E-state index is 10.9. The zero-order valence-corrected chi connectivity index (χ0v) is 15.7. The quantitative estimate of drug-likeness (QED) is 0.555. The van der Waals surface area contributed by atoms with Gasteiger partial charge in [-0.15, -0.1) is 0 Å². The summed E-state index contributed by atoms with van der Waals surface area (Å²) in [6.07, 6.45) is 9.13. The van der Waals surface area contributed by atoms with E-state index in [1.165, 1.54) is 49.9 Å².